The summed E-state index contributed by atoms with van der Waals surface area (Å²) in [6.07, 6.45) is 1.07. The maximum atomic E-state index is 12.6. The first kappa shape index (κ1) is 20.9. The second-order valence-corrected chi connectivity index (χ2v) is 8.01. The van der Waals surface area contributed by atoms with E-state index in [-0.39, 0.29) is 16.5 Å². The third-order valence-electron chi connectivity index (χ3n) is 3.77. The van der Waals surface area contributed by atoms with Gasteiger partial charge in [-0.05, 0) is 30.7 Å². The number of methoxy groups -OCH3 is 2. The molecular weight excluding hydrogens is 392 g/mol. The average molecular weight is 413 g/mol. The van der Waals surface area contributed by atoms with Crippen LogP contribution in [0.3, 0.4) is 0 Å². The first-order valence-electron chi connectivity index (χ1n) is 7.95. The van der Waals surface area contributed by atoms with Gasteiger partial charge in [-0.2, -0.15) is 0 Å². The molecular formula is C18H21ClN2O5S. The van der Waals surface area contributed by atoms with Crippen LogP contribution < -0.4 is 19.5 Å². The summed E-state index contributed by atoms with van der Waals surface area (Å²) >= 11 is 6.15. The summed E-state index contributed by atoms with van der Waals surface area (Å²) in [6, 6.07) is 9.37. The number of para-hydroxylation sites is 1. The average Bonchev–Trinajstić information content (AvgIpc) is 2.59. The van der Waals surface area contributed by atoms with Crippen molar-refractivity contribution in [2.45, 2.75) is 13.0 Å². The molecule has 2 aromatic carbocycles. The summed E-state index contributed by atoms with van der Waals surface area (Å²) in [5, 5.41) is 3.07. The van der Waals surface area contributed by atoms with Gasteiger partial charge in [0.1, 0.15) is 0 Å². The highest BCUT2D eigenvalue weighted by atomic mass is 35.5. The van der Waals surface area contributed by atoms with E-state index in [1.54, 1.807) is 31.2 Å². The van der Waals surface area contributed by atoms with Crippen LogP contribution in [0.25, 0.3) is 0 Å². The van der Waals surface area contributed by atoms with Gasteiger partial charge in [-0.15, -0.1) is 0 Å². The zero-order chi connectivity index (χ0) is 20.2. The summed E-state index contributed by atoms with van der Waals surface area (Å²) in [5.41, 5.74) is 1.32. The Morgan fingerprint density at radius 2 is 1.81 bits per heavy atom. The molecule has 0 saturated carbocycles. The lowest BCUT2D eigenvalue weighted by Crippen LogP contribution is -2.27. The van der Waals surface area contributed by atoms with Gasteiger partial charge < -0.3 is 14.8 Å². The van der Waals surface area contributed by atoms with Gasteiger partial charge in [0.25, 0.3) is 5.91 Å². The summed E-state index contributed by atoms with van der Waals surface area (Å²) in [7, 11) is -0.541. The highest BCUT2D eigenvalue weighted by Gasteiger charge is 2.19. The van der Waals surface area contributed by atoms with Crippen LogP contribution in [0.4, 0.5) is 5.69 Å². The molecule has 9 heteroatoms. The minimum absolute atomic E-state index is 0.244. The van der Waals surface area contributed by atoms with Crippen LogP contribution in [0, 0.1) is 0 Å². The van der Waals surface area contributed by atoms with E-state index in [0.29, 0.717) is 22.7 Å². The lowest BCUT2D eigenvalue weighted by molar-refractivity contribution is 0.0939. The molecule has 146 valence electrons. The lowest BCUT2D eigenvalue weighted by atomic mass is 10.1. The van der Waals surface area contributed by atoms with E-state index in [1.807, 2.05) is 0 Å². The van der Waals surface area contributed by atoms with E-state index >= 15 is 0 Å². The molecule has 1 amide bonds. The van der Waals surface area contributed by atoms with Crippen LogP contribution in [-0.4, -0.2) is 34.8 Å². The second kappa shape index (κ2) is 8.49. The maximum absolute atomic E-state index is 12.6. The molecule has 0 aliphatic carbocycles. The highest BCUT2D eigenvalue weighted by molar-refractivity contribution is 7.92. The van der Waals surface area contributed by atoms with Crippen molar-refractivity contribution in [2.24, 2.45) is 0 Å². The standard InChI is InChI=1S/C18H21ClN2O5S/c1-11(13-7-5-6-8-15(13)21-27(4,23)24)20-18(22)12-9-14(19)17(26-3)16(10-12)25-2/h5-11,21H,1-4H3,(H,20,22). The normalized spacial score (nSPS) is 12.2. The van der Waals surface area contributed by atoms with E-state index in [2.05, 4.69) is 10.0 Å². The smallest absolute Gasteiger partial charge is 0.251 e. The number of rotatable bonds is 7. The molecule has 0 heterocycles. The van der Waals surface area contributed by atoms with E-state index in [9.17, 15) is 13.2 Å². The van der Waals surface area contributed by atoms with Crippen molar-refractivity contribution in [3.05, 3.63) is 52.5 Å². The van der Waals surface area contributed by atoms with Crippen molar-refractivity contribution in [3.63, 3.8) is 0 Å². The third kappa shape index (κ3) is 5.27. The molecule has 0 aliphatic heterocycles. The van der Waals surface area contributed by atoms with Crippen LogP contribution >= 0.6 is 11.6 Å². The Hall–Kier alpha value is -2.45. The van der Waals surface area contributed by atoms with E-state index in [1.165, 1.54) is 26.4 Å². The zero-order valence-electron chi connectivity index (χ0n) is 15.4. The number of anilines is 1. The van der Waals surface area contributed by atoms with Crippen molar-refractivity contribution in [2.75, 3.05) is 25.2 Å². The largest absolute Gasteiger partial charge is 0.493 e. The quantitative estimate of drug-likeness (QED) is 0.728. The van der Waals surface area contributed by atoms with Crippen LogP contribution in [0.1, 0.15) is 28.9 Å². The Labute approximate surface area is 163 Å². The topological polar surface area (TPSA) is 93.7 Å². The molecule has 0 aliphatic rings. The van der Waals surface area contributed by atoms with E-state index < -0.39 is 16.1 Å². The van der Waals surface area contributed by atoms with Crippen molar-refractivity contribution in [3.8, 4) is 11.5 Å². The minimum atomic E-state index is -3.45. The zero-order valence-corrected chi connectivity index (χ0v) is 16.9. The van der Waals surface area contributed by atoms with Crippen LogP contribution in [0.5, 0.6) is 11.5 Å². The fourth-order valence-electron chi connectivity index (χ4n) is 2.57. The monoisotopic (exact) mass is 412 g/mol. The van der Waals surface area contributed by atoms with Gasteiger partial charge in [0.05, 0.1) is 37.2 Å². The molecule has 1 atom stereocenters. The minimum Gasteiger partial charge on any atom is -0.493 e. The molecule has 0 radical (unpaired) electrons. The Bertz CT molecular complexity index is 947. The van der Waals surface area contributed by atoms with Gasteiger partial charge in [0, 0.05) is 5.56 Å². The number of amides is 1. The molecule has 2 aromatic rings. The molecule has 0 saturated heterocycles. The number of ether oxygens (including phenoxy) is 2. The van der Waals surface area contributed by atoms with Crippen molar-refractivity contribution in [1.82, 2.24) is 5.32 Å². The van der Waals surface area contributed by atoms with Gasteiger partial charge in [-0.3, -0.25) is 9.52 Å². The number of sulfonamides is 1. The van der Waals surface area contributed by atoms with E-state index in [0.717, 1.165) is 6.26 Å². The van der Waals surface area contributed by atoms with Gasteiger partial charge in [-0.1, -0.05) is 29.8 Å². The number of benzene rings is 2. The fourth-order valence-corrected chi connectivity index (χ4v) is 3.45. The Kier molecular flexibility index (Phi) is 6.56. The third-order valence-corrected chi connectivity index (χ3v) is 4.64. The van der Waals surface area contributed by atoms with Gasteiger partial charge >= 0.3 is 0 Å². The molecule has 2 rings (SSSR count). The summed E-state index contributed by atoms with van der Waals surface area (Å²) in [6.45, 7) is 1.75. The van der Waals surface area contributed by atoms with Crippen molar-refractivity contribution >= 4 is 33.2 Å². The molecule has 2 N–H and O–H groups in total. The Morgan fingerprint density at radius 1 is 1.15 bits per heavy atom. The predicted octanol–water partition coefficient (Wildman–Crippen LogP) is 3.22. The molecule has 1 unspecified atom stereocenters. The number of halogens is 1. The number of nitrogens with one attached hydrogen (secondary N) is 2. The fraction of sp³-hybridized carbons (Fsp3) is 0.278. The number of carbonyl (C=O) groups is 1. The summed E-state index contributed by atoms with van der Waals surface area (Å²) in [5.74, 6) is 0.285. The second-order valence-electron chi connectivity index (χ2n) is 5.85. The molecule has 27 heavy (non-hydrogen) atoms. The van der Waals surface area contributed by atoms with Crippen LogP contribution in [-0.2, 0) is 10.0 Å². The van der Waals surface area contributed by atoms with Gasteiger partial charge in [-0.25, -0.2) is 8.42 Å². The number of hydrogen-bond donors (Lipinski definition) is 2. The molecule has 0 bridgehead atoms. The van der Waals surface area contributed by atoms with E-state index in [4.69, 9.17) is 21.1 Å². The lowest BCUT2D eigenvalue weighted by Gasteiger charge is -2.19. The SMILES string of the molecule is COc1cc(C(=O)NC(C)c2ccccc2NS(C)(=O)=O)cc(Cl)c1OC. The van der Waals surface area contributed by atoms with Crippen molar-refractivity contribution in [1.29, 1.82) is 0 Å². The first-order valence-corrected chi connectivity index (χ1v) is 10.2. The molecule has 0 spiro atoms. The maximum Gasteiger partial charge on any atom is 0.251 e. The highest BCUT2D eigenvalue weighted by Crippen LogP contribution is 2.36. The van der Waals surface area contributed by atoms with Crippen LogP contribution in [0.2, 0.25) is 5.02 Å². The van der Waals surface area contributed by atoms with Gasteiger partial charge in [0.2, 0.25) is 10.0 Å². The summed E-state index contributed by atoms with van der Waals surface area (Å²) < 4.78 is 35.9. The Balaban J connectivity index is 2.28. The molecule has 0 fully saturated rings. The summed E-state index contributed by atoms with van der Waals surface area (Å²) in [4.78, 5) is 12.6. The molecule has 0 aromatic heterocycles. The predicted molar refractivity (Wildman–Crippen MR) is 105 cm³/mol. The number of carbonyl (C=O) groups excluding carboxylic acids is 1. The van der Waals surface area contributed by atoms with Gasteiger partial charge in [0.15, 0.2) is 11.5 Å². The first-order chi connectivity index (χ1) is 12.7. The van der Waals surface area contributed by atoms with Crippen LogP contribution in [0.15, 0.2) is 36.4 Å². The van der Waals surface area contributed by atoms with Crippen molar-refractivity contribution < 1.29 is 22.7 Å². The Morgan fingerprint density at radius 3 is 2.41 bits per heavy atom. The molecule has 7 nitrogen and oxygen atoms in total. The number of hydrogen-bond acceptors (Lipinski definition) is 5.